The first-order valence-corrected chi connectivity index (χ1v) is 3.85. The number of unbranched alkanes of at least 4 members (excludes halogenated alkanes) is 3. The van der Waals surface area contributed by atoms with E-state index in [9.17, 15) is 0 Å². The van der Waals surface area contributed by atoms with Crippen LogP contribution in [0.1, 0.15) is 32.6 Å². The maximum Gasteiger partial charge on any atom is 1.00 e. The molecule has 0 aliphatic rings. The second-order valence-electron chi connectivity index (χ2n) is 1.64. The molecular weight excluding hydrogens is 158 g/mol. The maximum atomic E-state index is 8.46. The average molecular weight is 172 g/mol. The van der Waals surface area contributed by atoms with Gasteiger partial charge in [-0.1, -0.05) is 26.2 Å². The van der Waals surface area contributed by atoms with Crippen molar-refractivity contribution in [1.82, 2.24) is 0 Å². The first kappa shape index (κ1) is 17.2. The van der Waals surface area contributed by atoms with Crippen molar-refractivity contribution in [3.8, 4) is 0 Å². The molecule has 0 aromatic heterocycles. The molecule has 0 aromatic carbocycles. The third-order valence-electron chi connectivity index (χ3n) is 0.854. The van der Waals surface area contributed by atoms with Gasteiger partial charge in [-0.05, 0) is 0 Å². The summed E-state index contributed by atoms with van der Waals surface area (Å²) in [4.78, 5) is 6.99. The third-order valence-corrected chi connectivity index (χ3v) is 0.854. The largest absolute Gasteiger partial charge is 1.00 e. The molecule has 2 nitrogen and oxygen atoms in total. The second-order valence-corrected chi connectivity index (χ2v) is 1.81. The van der Waals surface area contributed by atoms with Crippen molar-refractivity contribution in [3.05, 3.63) is 6.92 Å². The Hall–Kier alpha value is 1.06. The van der Waals surface area contributed by atoms with E-state index < -0.39 is 8.69 Å². The van der Waals surface area contributed by atoms with Crippen LogP contribution in [0.5, 0.6) is 0 Å². The van der Waals surface area contributed by atoms with Gasteiger partial charge in [-0.3, -0.25) is 0 Å². The summed E-state index contributed by atoms with van der Waals surface area (Å²) >= 11 is 0. The normalized spacial score (nSPS) is 7.50. The fourth-order valence-electron chi connectivity index (χ4n) is 0.427. The molecule has 0 atom stereocenters. The maximum absolute atomic E-state index is 8.46. The van der Waals surface area contributed by atoms with Gasteiger partial charge in [0.25, 0.3) is 0 Å². The molecule has 10 heavy (non-hydrogen) atoms. The zero-order valence-electron chi connectivity index (χ0n) is 6.84. The molecule has 0 bridgehead atoms. The van der Waals surface area contributed by atoms with Crippen LogP contribution in [-0.4, -0.2) is 4.89 Å². The van der Waals surface area contributed by atoms with Gasteiger partial charge in [0.2, 0.25) is 0 Å². The Kier molecular flexibility index (Phi) is 38.7. The van der Waals surface area contributed by atoms with Crippen molar-refractivity contribution < 1.29 is 39.0 Å². The van der Waals surface area contributed by atoms with Gasteiger partial charge in [-0.25, -0.2) is 4.57 Å². The van der Waals surface area contributed by atoms with Crippen LogP contribution in [0.2, 0.25) is 0 Å². The third kappa shape index (κ3) is 35.7. The van der Waals surface area contributed by atoms with Crippen LogP contribution in [0.4, 0.5) is 0 Å². The Labute approximate surface area is 87.0 Å². The van der Waals surface area contributed by atoms with Gasteiger partial charge in [0.05, 0.1) is 0 Å². The van der Waals surface area contributed by atoms with E-state index in [1.165, 1.54) is 19.3 Å². The average Bonchev–Trinajstić information content (AvgIpc) is 1.86. The van der Waals surface area contributed by atoms with Gasteiger partial charge in [-0.15, -0.1) is 0 Å². The van der Waals surface area contributed by atoms with Crippen LogP contribution in [-0.2, 0) is 4.57 Å². The summed E-state index contributed by atoms with van der Waals surface area (Å²) in [6, 6.07) is 0. The summed E-state index contributed by atoms with van der Waals surface area (Å²) in [6.07, 6.45) is 5.07. The molecule has 0 radical (unpaired) electrons. The Morgan fingerprint density at radius 2 is 1.90 bits per heavy atom. The van der Waals surface area contributed by atoms with Gasteiger partial charge in [0, 0.05) is 0 Å². The van der Waals surface area contributed by atoms with Crippen LogP contribution in [0.25, 0.3) is 0 Å². The molecule has 1 N–H and O–H groups in total. The van der Waals surface area contributed by atoms with Crippen LogP contribution < -0.4 is 29.6 Å². The summed E-state index contributed by atoms with van der Waals surface area (Å²) < 4.78 is 8.46. The predicted molar refractivity (Wildman–Crippen MR) is 39.3 cm³/mol. The fraction of sp³-hybridized carbons (Fsp3) is 0.833. The van der Waals surface area contributed by atoms with Crippen molar-refractivity contribution in [3.63, 3.8) is 0 Å². The zero-order chi connectivity index (χ0) is 7.54. The summed E-state index contributed by atoms with van der Waals surface area (Å²) in [7, 11) is -0.833. The van der Waals surface area contributed by atoms with Gasteiger partial charge < -0.3 is 11.8 Å². The standard InChI is InChI=1S/C6H13.Na.HO2P/c1-3-5-6-4-2;;1-3-2/h1,3-6H2,2H3;;(H,1,2)/q-1;+1;. The summed E-state index contributed by atoms with van der Waals surface area (Å²) in [6.45, 7) is 5.93. The van der Waals surface area contributed by atoms with Gasteiger partial charge >= 0.3 is 38.2 Å². The molecule has 0 saturated carbocycles. The predicted octanol–water partition coefficient (Wildman–Crippen LogP) is -0.410. The number of rotatable bonds is 3. The minimum absolute atomic E-state index is 0. The van der Waals surface area contributed by atoms with Crippen LogP contribution in [0.3, 0.4) is 0 Å². The van der Waals surface area contributed by atoms with Gasteiger partial charge in [0.15, 0.2) is 0 Å². The van der Waals surface area contributed by atoms with Crippen molar-refractivity contribution in [2.45, 2.75) is 32.6 Å². The summed E-state index contributed by atoms with van der Waals surface area (Å²) in [5, 5.41) is 0. The van der Waals surface area contributed by atoms with Gasteiger partial charge in [-0.2, -0.15) is 6.42 Å². The molecule has 0 amide bonds. The molecule has 4 heteroatoms. The van der Waals surface area contributed by atoms with E-state index in [0.29, 0.717) is 0 Å². The van der Waals surface area contributed by atoms with E-state index in [2.05, 4.69) is 13.8 Å². The molecule has 0 aliphatic carbocycles. The summed E-state index contributed by atoms with van der Waals surface area (Å²) in [5.41, 5.74) is 0. The van der Waals surface area contributed by atoms with Crippen LogP contribution in [0, 0.1) is 6.92 Å². The first-order chi connectivity index (χ1) is 4.33. The Morgan fingerprint density at radius 1 is 1.50 bits per heavy atom. The molecule has 0 aliphatic heterocycles. The minimum atomic E-state index is -0.833. The van der Waals surface area contributed by atoms with E-state index >= 15 is 0 Å². The molecule has 0 saturated heterocycles. The Balaban J connectivity index is -0.000000107. The molecule has 0 fully saturated rings. The molecule has 0 heterocycles. The van der Waals surface area contributed by atoms with Crippen molar-refractivity contribution in [1.29, 1.82) is 0 Å². The SMILES string of the molecule is O=PO.[CH2-]CCCCC.[Na+]. The summed E-state index contributed by atoms with van der Waals surface area (Å²) in [5.74, 6) is 0. The molecule has 0 aromatic rings. The van der Waals surface area contributed by atoms with E-state index in [0.717, 1.165) is 6.42 Å². The zero-order valence-corrected chi connectivity index (χ0v) is 9.73. The van der Waals surface area contributed by atoms with Crippen molar-refractivity contribution >= 4 is 8.69 Å². The van der Waals surface area contributed by atoms with E-state index in [1.807, 2.05) is 0 Å². The minimum Gasteiger partial charge on any atom is -0.343 e. The fourth-order valence-corrected chi connectivity index (χ4v) is 0.427. The van der Waals surface area contributed by atoms with Crippen molar-refractivity contribution in [2.75, 3.05) is 0 Å². The monoisotopic (exact) mass is 172 g/mol. The van der Waals surface area contributed by atoms with Gasteiger partial charge in [0.1, 0.15) is 0 Å². The van der Waals surface area contributed by atoms with E-state index in [1.54, 1.807) is 0 Å². The number of hydrogen-bond donors (Lipinski definition) is 1. The van der Waals surface area contributed by atoms with Crippen molar-refractivity contribution in [2.24, 2.45) is 0 Å². The quantitative estimate of drug-likeness (QED) is 0.272. The van der Waals surface area contributed by atoms with Crippen LogP contribution >= 0.6 is 8.69 Å². The molecule has 0 rings (SSSR count). The number of hydrogen-bond acceptors (Lipinski definition) is 1. The molecular formula is C6H14NaO2P. The molecule has 56 valence electrons. The molecule has 0 unspecified atom stereocenters. The smallest absolute Gasteiger partial charge is 0.343 e. The van der Waals surface area contributed by atoms with Crippen LogP contribution in [0.15, 0.2) is 0 Å². The second kappa shape index (κ2) is 22.5. The first-order valence-electron chi connectivity index (χ1n) is 3.09. The Morgan fingerprint density at radius 3 is 2.00 bits per heavy atom. The van der Waals surface area contributed by atoms with E-state index in [-0.39, 0.29) is 29.6 Å². The Bertz CT molecular complexity index is 49.0. The molecule has 0 spiro atoms. The van der Waals surface area contributed by atoms with E-state index in [4.69, 9.17) is 9.46 Å². The topological polar surface area (TPSA) is 37.3 Å².